The molecule has 1 rings (SSSR count). The molecule has 0 atom stereocenters. The number of carbonyl (C=O) groups is 1. The van der Waals surface area contributed by atoms with Gasteiger partial charge >= 0.3 is 5.97 Å². The lowest BCUT2D eigenvalue weighted by molar-refractivity contribution is -0.139. The maximum Gasteiger partial charge on any atom is 0.309 e. The molecule has 88 valence electrons. The Bertz CT molecular complexity index is 475. The zero-order valence-electron chi connectivity index (χ0n) is 9.44. The number of esters is 1. The highest BCUT2D eigenvalue weighted by molar-refractivity contribution is 5.72. The van der Waals surface area contributed by atoms with E-state index in [1.165, 1.54) is 25.3 Å². The fourth-order valence-corrected chi connectivity index (χ4v) is 1.27. The molecule has 1 aromatic rings. The quantitative estimate of drug-likeness (QED) is 0.750. The van der Waals surface area contributed by atoms with Crippen LogP contribution in [0.3, 0.4) is 0 Å². The number of ether oxygens (including phenoxy) is 1. The first-order chi connectivity index (χ1) is 8.17. The number of rotatable bonds is 4. The van der Waals surface area contributed by atoms with Crippen molar-refractivity contribution in [2.75, 3.05) is 7.11 Å². The van der Waals surface area contributed by atoms with Gasteiger partial charge in [0.1, 0.15) is 5.82 Å². The third kappa shape index (κ3) is 4.07. The Hall–Kier alpha value is -2.15. The van der Waals surface area contributed by atoms with E-state index >= 15 is 0 Å². The van der Waals surface area contributed by atoms with Crippen molar-refractivity contribution in [2.24, 2.45) is 0 Å². The highest BCUT2D eigenvalue weighted by atomic mass is 19.1. The molecular formula is C13H12FNO2. The van der Waals surface area contributed by atoms with Gasteiger partial charge in [-0.2, -0.15) is 5.26 Å². The van der Waals surface area contributed by atoms with Crippen LogP contribution in [0.1, 0.15) is 17.5 Å². The molecular weight excluding hydrogens is 221 g/mol. The van der Waals surface area contributed by atoms with Gasteiger partial charge in [0.2, 0.25) is 0 Å². The number of hydrogen-bond donors (Lipinski definition) is 0. The summed E-state index contributed by atoms with van der Waals surface area (Å²) < 4.78 is 18.0. The SMILES string of the molecule is COC(=O)CC=Cc1ccc(CC#N)cc1F. The molecule has 0 N–H and O–H groups in total. The van der Waals surface area contributed by atoms with Crippen molar-refractivity contribution in [2.45, 2.75) is 12.8 Å². The fourth-order valence-electron chi connectivity index (χ4n) is 1.27. The lowest BCUT2D eigenvalue weighted by Crippen LogP contribution is -1.96. The normalized spacial score (nSPS) is 10.2. The van der Waals surface area contributed by atoms with Crippen molar-refractivity contribution in [3.05, 3.63) is 41.2 Å². The molecule has 0 fully saturated rings. The van der Waals surface area contributed by atoms with E-state index in [1.807, 2.05) is 6.07 Å². The van der Waals surface area contributed by atoms with Gasteiger partial charge in [-0.05, 0) is 11.6 Å². The average Bonchev–Trinajstić information content (AvgIpc) is 2.32. The first-order valence-corrected chi connectivity index (χ1v) is 5.06. The third-order valence-corrected chi connectivity index (χ3v) is 2.16. The van der Waals surface area contributed by atoms with Gasteiger partial charge in [-0.1, -0.05) is 24.3 Å². The number of methoxy groups -OCH3 is 1. The first-order valence-electron chi connectivity index (χ1n) is 5.06. The summed E-state index contributed by atoms with van der Waals surface area (Å²) in [5.41, 5.74) is 1.02. The number of benzene rings is 1. The van der Waals surface area contributed by atoms with E-state index in [0.29, 0.717) is 11.1 Å². The molecule has 0 aliphatic carbocycles. The van der Waals surface area contributed by atoms with Gasteiger partial charge in [0, 0.05) is 5.56 Å². The molecule has 17 heavy (non-hydrogen) atoms. The molecule has 0 bridgehead atoms. The van der Waals surface area contributed by atoms with Gasteiger partial charge in [-0.25, -0.2) is 4.39 Å². The van der Waals surface area contributed by atoms with Gasteiger partial charge in [0.05, 0.1) is 26.0 Å². The monoisotopic (exact) mass is 233 g/mol. The minimum atomic E-state index is -0.404. The van der Waals surface area contributed by atoms with E-state index in [2.05, 4.69) is 4.74 Å². The predicted octanol–water partition coefficient (Wildman–Crippen LogP) is 2.47. The van der Waals surface area contributed by atoms with E-state index in [-0.39, 0.29) is 18.8 Å². The summed E-state index contributed by atoms with van der Waals surface area (Å²) in [6.07, 6.45) is 3.34. The largest absolute Gasteiger partial charge is 0.469 e. The van der Waals surface area contributed by atoms with Crippen LogP contribution in [0.4, 0.5) is 4.39 Å². The second kappa shape index (κ2) is 6.44. The van der Waals surface area contributed by atoms with Crippen LogP contribution < -0.4 is 0 Å². The van der Waals surface area contributed by atoms with Crippen molar-refractivity contribution >= 4 is 12.0 Å². The molecule has 3 nitrogen and oxygen atoms in total. The van der Waals surface area contributed by atoms with Gasteiger partial charge in [-0.3, -0.25) is 4.79 Å². The Labute approximate surface area is 99.1 Å². The average molecular weight is 233 g/mol. The van der Waals surface area contributed by atoms with Crippen molar-refractivity contribution in [1.82, 2.24) is 0 Å². The van der Waals surface area contributed by atoms with E-state index in [1.54, 1.807) is 12.1 Å². The molecule has 0 aliphatic heterocycles. The molecule has 4 heteroatoms. The number of nitrogens with zero attached hydrogens (tertiary/aromatic N) is 1. The van der Waals surface area contributed by atoms with Crippen molar-refractivity contribution < 1.29 is 13.9 Å². The van der Waals surface area contributed by atoms with Crippen LogP contribution in [0.5, 0.6) is 0 Å². The number of halogens is 1. The van der Waals surface area contributed by atoms with Crippen molar-refractivity contribution in [1.29, 1.82) is 5.26 Å². The van der Waals surface area contributed by atoms with Gasteiger partial charge in [0.15, 0.2) is 0 Å². The van der Waals surface area contributed by atoms with E-state index in [0.717, 1.165) is 0 Å². The summed E-state index contributed by atoms with van der Waals surface area (Å²) >= 11 is 0. The Morgan fingerprint density at radius 1 is 1.59 bits per heavy atom. The molecule has 1 aromatic carbocycles. The number of nitriles is 1. The van der Waals surface area contributed by atoms with Crippen molar-refractivity contribution in [3.63, 3.8) is 0 Å². The summed E-state index contributed by atoms with van der Waals surface area (Å²) in [6.45, 7) is 0. The van der Waals surface area contributed by atoms with Gasteiger partial charge in [-0.15, -0.1) is 0 Å². The highest BCUT2D eigenvalue weighted by Gasteiger charge is 2.01. The van der Waals surface area contributed by atoms with Gasteiger partial charge in [0.25, 0.3) is 0 Å². The molecule has 0 saturated carbocycles. The summed E-state index contributed by atoms with van der Waals surface area (Å²) in [5, 5.41) is 8.47. The summed E-state index contributed by atoms with van der Waals surface area (Å²) in [7, 11) is 1.30. The maximum absolute atomic E-state index is 13.5. The number of carbonyl (C=O) groups excluding carboxylic acids is 1. The maximum atomic E-state index is 13.5. The molecule has 0 unspecified atom stereocenters. The Balaban J connectivity index is 2.73. The van der Waals surface area contributed by atoms with E-state index in [9.17, 15) is 9.18 Å². The fraction of sp³-hybridized carbons (Fsp3) is 0.231. The molecule has 0 aromatic heterocycles. The lowest BCUT2D eigenvalue weighted by Gasteiger charge is -1.99. The van der Waals surface area contributed by atoms with E-state index in [4.69, 9.17) is 5.26 Å². The van der Waals surface area contributed by atoms with Crippen LogP contribution >= 0.6 is 0 Å². The molecule has 0 spiro atoms. The predicted molar refractivity (Wildman–Crippen MR) is 61.4 cm³/mol. The topological polar surface area (TPSA) is 50.1 Å². The van der Waals surface area contributed by atoms with Crippen LogP contribution in [-0.4, -0.2) is 13.1 Å². The second-order valence-corrected chi connectivity index (χ2v) is 3.37. The lowest BCUT2D eigenvalue weighted by atomic mass is 10.1. The van der Waals surface area contributed by atoms with Crippen LogP contribution in [0.2, 0.25) is 0 Å². The smallest absolute Gasteiger partial charge is 0.309 e. The first kappa shape index (κ1) is 12.9. The Morgan fingerprint density at radius 2 is 2.35 bits per heavy atom. The second-order valence-electron chi connectivity index (χ2n) is 3.37. The molecule has 0 radical (unpaired) electrons. The van der Waals surface area contributed by atoms with Crippen molar-refractivity contribution in [3.8, 4) is 6.07 Å². The zero-order valence-corrected chi connectivity index (χ0v) is 9.44. The van der Waals surface area contributed by atoms with Crippen LogP contribution in [0.15, 0.2) is 24.3 Å². The highest BCUT2D eigenvalue weighted by Crippen LogP contribution is 2.13. The molecule has 0 amide bonds. The molecule has 0 saturated heterocycles. The standard InChI is InChI=1S/C13H12FNO2/c1-17-13(16)4-2-3-11-6-5-10(7-8-15)9-12(11)14/h2-3,5-6,9H,4,7H2,1H3. The van der Waals surface area contributed by atoms with Gasteiger partial charge < -0.3 is 4.74 Å². The van der Waals surface area contributed by atoms with E-state index < -0.39 is 5.82 Å². The Morgan fingerprint density at radius 3 is 2.94 bits per heavy atom. The Kier molecular flexibility index (Phi) is 4.89. The number of hydrogen-bond acceptors (Lipinski definition) is 3. The molecule has 0 aliphatic rings. The third-order valence-electron chi connectivity index (χ3n) is 2.16. The summed E-state index contributed by atoms with van der Waals surface area (Å²) in [4.78, 5) is 10.8. The van der Waals surface area contributed by atoms with Crippen LogP contribution in [0, 0.1) is 17.1 Å². The zero-order chi connectivity index (χ0) is 12.7. The van der Waals surface area contributed by atoms with Crippen LogP contribution in [-0.2, 0) is 16.0 Å². The molecule has 0 heterocycles. The summed E-state index contributed by atoms with van der Waals surface area (Å²) in [6, 6.07) is 6.53. The summed E-state index contributed by atoms with van der Waals surface area (Å²) in [5.74, 6) is -0.776. The minimum Gasteiger partial charge on any atom is -0.469 e. The minimum absolute atomic E-state index is 0.107. The van der Waals surface area contributed by atoms with Crippen LogP contribution in [0.25, 0.3) is 6.08 Å².